The van der Waals surface area contributed by atoms with Crippen LogP contribution in [0.1, 0.15) is 56.3 Å². The normalized spacial score (nSPS) is 16.0. The number of ether oxygens (including phenoxy) is 1. The van der Waals surface area contributed by atoms with Crippen molar-refractivity contribution < 1.29 is 14.3 Å². The number of aryl methyl sites for hydroxylation is 1. The molecule has 1 fully saturated rings. The summed E-state index contributed by atoms with van der Waals surface area (Å²) in [4.78, 5) is 25.0. The number of esters is 1. The van der Waals surface area contributed by atoms with E-state index in [0.29, 0.717) is 5.82 Å². The first kappa shape index (κ1) is 20.7. The lowest BCUT2D eigenvalue weighted by Crippen LogP contribution is -2.38. The first-order chi connectivity index (χ1) is 14.1. The maximum absolute atomic E-state index is 12.7. The third kappa shape index (κ3) is 6.23. The average Bonchev–Trinajstić information content (AvgIpc) is 3.12. The molecule has 0 radical (unpaired) electrons. The summed E-state index contributed by atoms with van der Waals surface area (Å²) in [7, 11) is 0. The van der Waals surface area contributed by atoms with Crippen LogP contribution in [0.25, 0.3) is 11.8 Å². The van der Waals surface area contributed by atoms with E-state index in [9.17, 15) is 9.59 Å². The Bertz CT molecular complexity index is 839. The molecule has 1 N–H and O–H groups in total. The zero-order chi connectivity index (χ0) is 20.5. The second kappa shape index (κ2) is 10.5. The highest BCUT2D eigenvalue weighted by molar-refractivity contribution is 6.15. The van der Waals surface area contributed by atoms with Gasteiger partial charge >= 0.3 is 5.97 Å². The van der Waals surface area contributed by atoms with Crippen LogP contribution < -0.4 is 5.32 Å². The zero-order valence-corrected chi connectivity index (χ0v) is 16.7. The van der Waals surface area contributed by atoms with Crippen LogP contribution in [0.15, 0.2) is 30.3 Å². The van der Waals surface area contributed by atoms with E-state index < -0.39 is 5.97 Å². The maximum atomic E-state index is 12.7. The van der Waals surface area contributed by atoms with Crippen LogP contribution in [-0.4, -0.2) is 44.7 Å². The summed E-state index contributed by atoms with van der Waals surface area (Å²) in [5.74, 6) is -0.489. The van der Waals surface area contributed by atoms with E-state index in [0.717, 1.165) is 31.2 Å². The molecule has 1 amide bonds. The summed E-state index contributed by atoms with van der Waals surface area (Å²) >= 11 is 0. The molecule has 1 aromatic carbocycles. The van der Waals surface area contributed by atoms with E-state index in [1.807, 2.05) is 30.3 Å². The van der Waals surface area contributed by atoms with Gasteiger partial charge in [0.2, 0.25) is 0 Å². The Morgan fingerprint density at radius 2 is 1.83 bits per heavy atom. The van der Waals surface area contributed by atoms with E-state index in [1.54, 1.807) is 13.0 Å². The van der Waals surface area contributed by atoms with Crippen molar-refractivity contribution in [2.75, 3.05) is 6.61 Å². The molecule has 1 heterocycles. The minimum absolute atomic E-state index is 0.150. The number of nitrogens with zero attached hydrogens (tertiary/aromatic N) is 4. The van der Waals surface area contributed by atoms with Gasteiger partial charge in [0.15, 0.2) is 18.1 Å². The van der Waals surface area contributed by atoms with Gasteiger partial charge in [0.1, 0.15) is 0 Å². The van der Waals surface area contributed by atoms with Crippen molar-refractivity contribution in [1.82, 2.24) is 25.5 Å². The number of tetrazole rings is 1. The van der Waals surface area contributed by atoms with Crippen LogP contribution in [0.4, 0.5) is 0 Å². The molecule has 0 aliphatic heterocycles. The van der Waals surface area contributed by atoms with E-state index in [-0.39, 0.29) is 24.3 Å². The molecule has 2 aromatic rings. The lowest BCUT2D eigenvalue weighted by atomic mass is 9.97. The number of hydrogen-bond donors (Lipinski definition) is 1. The van der Waals surface area contributed by atoms with E-state index >= 15 is 0 Å². The molecule has 0 bridgehead atoms. The zero-order valence-electron chi connectivity index (χ0n) is 16.7. The molecule has 1 aliphatic carbocycles. The Hall–Kier alpha value is -3.03. The minimum atomic E-state index is -0.655. The molecule has 1 aliphatic rings. The first-order valence-corrected chi connectivity index (χ1v) is 10.1. The van der Waals surface area contributed by atoms with Crippen molar-refractivity contribution in [2.24, 2.45) is 0 Å². The van der Waals surface area contributed by atoms with Crippen molar-refractivity contribution in [3.8, 4) is 0 Å². The number of hydrogen-bond acceptors (Lipinski definition) is 6. The van der Waals surface area contributed by atoms with Gasteiger partial charge in [-0.1, -0.05) is 62.4 Å². The van der Waals surface area contributed by atoms with E-state index in [1.165, 1.54) is 23.9 Å². The third-order valence-electron chi connectivity index (χ3n) is 4.97. The number of benzene rings is 1. The SMILES string of the molecule is Cc1nnnn1C(=Cc1ccccc1)C(=O)OCC(=O)NC1CCCCCCC1. The number of aromatic nitrogens is 4. The van der Waals surface area contributed by atoms with Gasteiger partial charge in [-0.25, -0.2) is 4.79 Å². The van der Waals surface area contributed by atoms with E-state index in [4.69, 9.17) is 4.74 Å². The van der Waals surface area contributed by atoms with Gasteiger partial charge in [-0.15, -0.1) is 5.10 Å². The van der Waals surface area contributed by atoms with Gasteiger partial charge in [0.05, 0.1) is 0 Å². The highest BCUT2D eigenvalue weighted by Gasteiger charge is 2.20. The number of rotatable bonds is 6. The molecule has 0 unspecified atom stereocenters. The smallest absolute Gasteiger partial charge is 0.357 e. The molecule has 0 spiro atoms. The topological polar surface area (TPSA) is 99.0 Å². The number of carbonyl (C=O) groups excluding carboxylic acids is 2. The Balaban J connectivity index is 1.63. The average molecular weight is 397 g/mol. The van der Waals surface area contributed by atoms with Crippen molar-refractivity contribution >= 4 is 23.6 Å². The Kier molecular flexibility index (Phi) is 7.49. The van der Waals surface area contributed by atoms with Gasteiger partial charge in [-0.2, -0.15) is 4.68 Å². The van der Waals surface area contributed by atoms with Gasteiger partial charge in [0, 0.05) is 6.04 Å². The van der Waals surface area contributed by atoms with Gasteiger partial charge in [0.25, 0.3) is 5.91 Å². The Labute approximate surface area is 170 Å². The van der Waals surface area contributed by atoms with Crippen LogP contribution in [-0.2, 0) is 14.3 Å². The van der Waals surface area contributed by atoms with Crippen LogP contribution in [0.5, 0.6) is 0 Å². The molecule has 3 rings (SSSR count). The predicted octanol–water partition coefficient (Wildman–Crippen LogP) is 2.75. The van der Waals surface area contributed by atoms with Crippen LogP contribution in [0, 0.1) is 6.92 Å². The fourth-order valence-corrected chi connectivity index (χ4v) is 3.44. The van der Waals surface area contributed by atoms with Gasteiger partial charge in [-0.05, 0) is 41.8 Å². The van der Waals surface area contributed by atoms with Crippen LogP contribution in [0.3, 0.4) is 0 Å². The summed E-state index contributed by atoms with van der Waals surface area (Å²) < 4.78 is 6.59. The van der Waals surface area contributed by atoms with Crippen LogP contribution >= 0.6 is 0 Å². The number of nitrogens with one attached hydrogen (secondary N) is 1. The molecule has 8 nitrogen and oxygen atoms in total. The molecule has 1 saturated carbocycles. The standard InChI is InChI=1S/C21H27N5O3/c1-16-23-24-25-26(16)19(14-17-10-6-5-7-11-17)21(28)29-15-20(27)22-18-12-8-3-2-4-9-13-18/h5-7,10-11,14,18H,2-4,8-9,12-13,15H2,1H3,(H,22,27). The molecule has 0 saturated heterocycles. The molecular weight excluding hydrogens is 370 g/mol. The van der Waals surface area contributed by atoms with Crippen molar-refractivity contribution in [2.45, 2.75) is 57.9 Å². The molecule has 1 aromatic heterocycles. The van der Waals surface area contributed by atoms with Crippen molar-refractivity contribution in [3.63, 3.8) is 0 Å². The fraction of sp³-hybridized carbons (Fsp3) is 0.476. The Morgan fingerprint density at radius 1 is 1.14 bits per heavy atom. The van der Waals surface area contributed by atoms with Crippen molar-refractivity contribution in [1.29, 1.82) is 0 Å². The lowest BCUT2D eigenvalue weighted by molar-refractivity contribution is -0.143. The lowest BCUT2D eigenvalue weighted by Gasteiger charge is -2.21. The highest BCUT2D eigenvalue weighted by atomic mass is 16.5. The Morgan fingerprint density at radius 3 is 2.48 bits per heavy atom. The molecule has 0 atom stereocenters. The third-order valence-corrected chi connectivity index (χ3v) is 4.97. The quantitative estimate of drug-likeness (QED) is 0.594. The number of carbonyl (C=O) groups is 2. The summed E-state index contributed by atoms with van der Waals surface area (Å²) in [5.41, 5.74) is 0.950. The monoisotopic (exact) mass is 397 g/mol. The van der Waals surface area contributed by atoms with E-state index in [2.05, 4.69) is 20.8 Å². The highest BCUT2D eigenvalue weighted by Crippen LogP contribution is 2.17. The molecule has 29 heavy (non-hydrogen) atoms. The summed E-state index contributed by atoms with van der Waals surface area (Å²) in [5, 5.41) is 14.3. The van der Waals surface area contributed by atoms with Crippen molar-refractivity contribution in [3.05, 3.63) is 41.7 Å². The molecular formula is C21H27N5O3. The number of amides is 1. The van der Waals surface area contributed by atoms with Gasteiger partial charge in [-0.3, -0.25) is 4.79 Å². The predicted molar refractivity (Wildman–Crippen MR) is 108 cm³/mol. The first-order valence-electron chi connectivity index (χ1n) is 10.1. The minimum Gasteiger partial charge on any atom is -0.451 e. The van der Waals surface area contributed by atoms with Gasteiger partial charge < -0.3 is 10.1 Å². The molecule has 154 valence electrons. The summed E-state index contributed by atoms with van der Waals surface area (Å²) in [6.07, 6.45) is 9.51. The summed E-state index contributed by atoms with van der Waals surface area (Å²) in [6.45, 7) is 1.36. The second-order valence-corrected chi connectivity index (χ2v) is 7.26. The van der Waals surface area contributed by atoms with Crippen LogP contribution in [0.2, 0.25) is 0 Å². The largest absolute Gasteiger partial charge is 0.451 e. The summed E-state index contributed by atoms with van der Waals surface area (Å²) in [6, 6.07) is 9.48. The second-order valence-electron chi connectivity index (χ2n) is 7.26. The maximum Gasteiger partial charge on any atom is 0.357 e. The fourth-order valence-electron chi connectivity index (χ4n) is 3.44. The molecule has 8 heteroatoms.